The van der Waals surface area contributed by atoms with Crippen molar-refractivity contribution in [3.63, 3.8) is 0 Å². The number of nitrogens with zero attached hydrogens (tertiary/aromatic N) is 1. The van der Waals surface area contributed by atoms with Crippen molar-refractivity contribution >= 4 is 5.69 Å². The van der Waals surface area contributed by atoms with Gasteiger partial charge in [0.2, 0.25) is 0 Å². The van der Waals surface area contributed by atoms with Crippen molar-refractivity contribution in [2.45, 2.75) is 71.6 Å². The minimum absolute atomic E-state index is 0.618. The van der Waals surface area contributed by atoms with Crippen LogP contribution in [-0.2, 0) is 0 Å². The third-order valence-electron chi connectivity index (χ3n) is 5.65. The summed E-state index contributed by atoms with van der Waals surface area (Å²) in [4.78, 5) is 2.61. The summed E-state index contributed by atoms with van der Waals surface area (Å²) in [5.74, 6) is 1.24. The second-order valence-electron chi connectivity index (χ2n) is 8.04. The van der Waals surface area contributed by atoms with Gasteiger partial charge in [0, 0.05) is 24.2 Å². The van der Waals surface area contributed by atoms with Gasteiger partial charge in [-0.15, -0.1) is 0 Å². The van der Waals surface area contributed by atoms with Crippen LogP contribution in [0.2, 0.25) is 0 Å². The normalized spacial score (nSPS) is 21.1. The molecular formula is C20H31N. The molecule has 1 aliphatic heterocycles. The number of benzene rings is 1. The lowest BCUT2D eigenvalue weighted by Crippen LogP contribution is -2.57. The molecule has 0 unspecified atom stereocenters. The molecule has 1 saturated heterocycles. The van der Waals surface area contributed by atoms with E-state index in [1.54, 1.807) is 5.56 Å². The van der Waals surface area contributed by atoms with Crippen LogP contribution in [0.15, 0.2) is 18.2 Å². The largest absolute Gasteiger partial charge is 0.370 e. The molecule has 2 aliphatic rings. The quantitative estimate of drug-likeness (QED) is 0.688. The van der Waals surface area contributed by atoms with E-state index in [2.05, 4.69) is 50.8 Å². The first-order chi connectivity index (χ1) is 10.0. The smallest absolute Gasteiger partial charge is 0.0369 e. The van der Waals surface area contributed by atoms with Gasteiger partial charge in [0.1, 0.15) is 0 Å². The monoisotopic (exact) mass is 285 g/mol. The maximum atomic E-state index is 2.61. The van der Waals surface area contributed by atoms with Crippen molar-refractivity contribution < 1.29 is 0 Å². The molecule has 2 fully saturated rings. The fourth-order valence-electron chi connectivity index (χ4n) is 4.35. The van der Waals surface area contributed by atoms with E-state index < -0.39 is 0 Å². The third kappa shape index (κ3) is 2.84. The van der Waals surface area contributed by atoms with Crippen LogP contribution in [0.25, 0.3) is 0 Å². The lowest BCUT2D eigenvalue weighted by Gasteiger charge is -2.53. The highest BCUT2D eigenvalue weighted by Gasteiger charge is 2.43. The zero-order valence-electron chi connectivity index (χ0n) is 14.3. The van der Waals surface area contributed by atoms with Crippen molar-refractivity contribution in [2.24, 2.45) is 5.41 Å². The summed E-state index contributed by atoms with van der Waals surface area (Å²) >= 11 is 0. The number of hydrogen-bond acceptors (Lipinski definition) is 1. The van der Waals surface area contributed by atoms with Crippen molar-refractivity contribution in [3.8, 4) is 0 Å². The molecule has 0 N–H and O–H groups in total. The van der Waals surface area contributed by atoms with Gasteiger partial charge in [-0.25, -0.2) is 0 Å². The maximum Gasteiger partial charge on any atom is 0.0369 e. The molecule has 1 heterocycles. The first kappa shape index (κ1) is 14.9. The fraction of sp³-hybridized carbons (Fsp3) is 0.700. The average molecular weight is 285 g/mol. The van der Waals surface area contributed by atoms with E-state index in [4.69, 9.17) is 0 Å². The Kier molecular flexibility index (Phi) is 4.03. The van der Waals surface area contributed by atoms with E-state index in [1.165, 1.54) is 56.4 Å². The predicted molar refractivity (Wildman–Crippen MR) is 92.4 cm³/mol. The van der Waals surface area contributed by atoms with Crippen molar-refractivity contribution in [2.75, 3.05) is 18.0 Å². The third-order valence-corrected chi connectivity index (χ3v) is 5.65. The molecule has 1 spiro atoms. The maximum absolute atomic E-state index is 2.61. The standard InChI is InChI=1S/C20H31N/c1-15(2)18-9-8-17(12-19(18)16(3)4)21-13-20(14-21)10-6-5-7-11-20/h8-9,12,15-16H,5-7,10-11,13-14H2,1-4H3. The number of anilines is 1. The molecule has 116 valence electrons. The lowest BCUT2D eigenvalue weighted by atomic mass is 9.68. The van der Waals surface area contributed by atoms with Gasteiger partial charge in [0.15, 0.2) is 0 Å². The molecule has 1 nitrogen and oxygen atoms in total. The van der Waals surface area contributed by atoms with Gasteiger partial charge in [-0.05, 0) is 47.9 Å². The highest BCUT2D eigenvalue weighted by Crippen LogP contribution is 2.46. The zero-order valence-corrected chi connectivity index (χ0v) is 14.3. The molecule has 0 bridgehead atoms. The second kappa shape index (κ2) is 5.66. The van der Waals surface area contributed by atoms with Crippen LogP contribution in [-0.4, -0.2) is 13.1 Å². The van der Waals surface area contributed by atoms with Gasteiger partial charge in [-0.2, -0.15) is 0 Å². The van der Waals surface area contributed by atoms with Gasteiger partial charge in [-0.3, -0.25) is 0 Å². The lowest BCUT2D eigenvalue weighted by molar-refractivity contribution is 0.139. The predicted octanol–water partition coefficient (Wildman–Crippen LogP) is 5.70. The number of rotatable bonds is 3. The highest BCUT2D eigenvalue weighted by molar-refractivity contribution is 5.55. The van der Waals surface area contributed by atoms with Gasteiger partial charge in [-0.1, -0.05) is 53.0 Å². The summed E-state index contributed by atoms with van der Waals surface area (Å²) in [6.45, 7) is 11.9. The summed E-state index contributed by atoms with van der Waals surface area (Å²) in [5, 5.41) is 0. The van der Waals surface area contributed by atoms with Crippen molar-refractivity contribution in [1.29, 1.82) is 0 Å². The van der Waals surface area contributed by atoms with Crippen LogP contribution in [0, 0.1) is 5.41 Å². The van der Waals surface area contributed by atoms with E-state index in [0.717, 1.165) is 0 Å². The second-order valence-corrected chi connectivity index (χ2v) is 8.04. The van der Waals surface area contributed by atoms with Gasteiger partial charge in [0.05, 0.1) is 0 Å². The SMILES string of the molecule is CC(C)c1ccc(N2CC3(CCCCC3)C2)cc1C(C)C. The summed E-state index contributed by atoms with van der Waals surface area (Å²) in [7, 11) is 0. The highest BCUT2D eigenvalue weighted by atomic mass is 15.2. The molecular weight excluding hydrogens is 254 g/mol. The Hall–Kier alpha value is -0.980. The Morgan fingerprint density at radius 3 is 2.05 bits per heavy atom. The average Bonchev–Trinajstić information content (AvgIpc) is 2.44. The summed E-state index contributed by atoms with van der Waals surface area (Å²) in [6.07, 6.45) is 7.30. The van der Waals surface area contributed by atoms with Gasteiger partial charge >= 0.3 is 0 Å². The van der Waals surface area contributed by atoms with E-state index in [1.807, 2.05) is 0 Å². The first-order valence-corrected chi connectivity index (χ1v) is 8.90. The van der Waals surface area contributed by atoms with Crippen LogP contribution in [0.5, 0.6) is 0 Å². The topological polar surface area (TPSA) is 3.24 Å². The molecule has 0 aromatic heterocycles. The van der Waals surface area contributed by atoms with E-state index in [-0.39, 0.29) is 0 Å². The minimum Gasteiger partial charge on any atom is -0.370 e. The Bertz CT molecular complexity index is 487. The molecule has 1 saturated carbocycles. The van der Waals surface area contributed by atoms with Crippen LogP contribution in [0.1, 0.15) is 82.8 Å². The summed E-state index contributed by atoms with van der Waals surface area (Å²) < 4.78 is 0. The molecule has 1 aliphatic carbocycles. The van der Waals surface area contributed by atoms with Crippen molar-refractivity contribution in [3.05, 3.63) is 29.3 Å². The minimum atomic E-state index is 0.618. The molecule has 0 amide bonds. The molecule has 1 aromatic carbocycles. The Morgan fingerprint density at radius 1 is 0.857 bits per heavy atom. The van der Waals surface area contributed by atoms with E-state index >= 15 is 0 Å². The van der Waals surface area contributed by atoms with Crippen LogP contribution in [0.4, 0.5) is 5.69 Å². The van der Waals surface area contributed by atoms with Crippen LogP contribution < -0.4 is 4.90 Å². The Morgan fingerprint density at radius 2 is 1.48 bits per heavy atom. The Labute approximate surface area is 130 Å². The first-order valence-electron chi connectivity index (χ1n) is 8.90. The van der Waals surface area contributed by atoms with Crippen molar-refractivity contribution in [1.82, 2.24) is 0 Å². The van der Waals surface area contributed by atoms with E-state index in [9.17, 15) is 0 Å². The van der Waals surface area contributed by atoms with Gasteiger partial charge < -0.3 is 4.90 Å². The summed E-state index contributed by atoms with van der Waals surface area (Å²) in [5.41, 5.74) is 5.21. The molecule has 3 rings (SSSR count). The molecule has 21 heavy (non-hydrogen) atoms. The number of hydrogen-bond donors (Lipinski definition) is 0. The Balaban J connectivity index is 1.76. The van der Waals surface area contributed by atoms with E-state index in [0.29, 0.717) is 17.3 Å². The zero-order chi connectivity index (χ0) is 15.0. The van der Waals surface area contributed by atoms with Crippen LogP contribution >= 0.6 is 0 Å². The molecule has 0 radical (unpaired) electrons. The van der Waals surface area contributed by atoms with Gasteiger partial charge in [0.25, 0.3) is 0 Å². The fourth-order valence-corrected chi connectivity index (χ4v) is 4.35. The molecule has 0 atom stereocenters. The molecule has 1 heteroatoms. The molecule has 1 aromatic rings. The van der Waals surface area contributed by atoms with Crippen LogP contribution in [0.3, 0.4) is 0 Å². The summed E-state index contributed by atoms with van der Waals surface area (Å²) in [6, 6.07) is 7.20.